The third kappa shape index (κ3) is 86.2. The molecule has 22 heteroatoms. The molecule has 0 heterocycles. The Hall–Kier alpha value is 0.623. The average molecular weight is 565 g/mol. The zero-order valence-electron chi connectivity index (χ0n) is 13.3. The van der Waals surface area contributed by atoms with Crippen molar-refractivity contribution < 1.29 is 105 Å². The van der Waals surface area contributed by atoms with Gasteiger partial charge in [0.2, 0.25) is 41.6 Å². The van der Waals surface area contributed by atoms with Gasteiger partial charge in [-0.3, -0.25) is 16.7 Å². The normalized spacial score (nSPS) is 10.8. The van der Waals surface area contributed by atoms with Crippen LogP contribution in [0.2, 0.25) is 0 Å². The Morgan fingerprint density at radius 1 is 0.462 bits per heavy atom. The number of hydrogen-bond donors (Lipinski definition) is 0. The molecule has 0 spiro atoms. The van der Waals surface area contributed by atoms with Crippen LogP contribution in [-0.4, -0.2) is 80.3 Å². The van der Waals surface area contributed by atoms with Gasteiger partial charge < -0.3 is 18.2 Å². The topological polar surface area (TPSA) is 266 Å². The molecule has 0 bridgehead atoms. The van der Waals surface area contributed by atoms with E-state index in [1.54, 1.807) is 0 Å². The van der Waals surface area contributed by atoms with Crippen LogP contribution in [0.15, 0.2) is 0 Å². The van der Waals surface area contributed by atoms with E-state index in [0.717, 1.165) is 28.4 Å². The Morgan fingerprint density at radius 3 is 0.500 bits per heavy atom. The maximum atomic E-state index is 9.22. The quantitative estimate of drug-likeness (QED) is 0.181. The van der Waals surface area contributed by atoms with E-state index in [2.05, 4.69) is 16.7 Å². The van der Waals surface area contributed by atoms with Crippen molar-refractivity contribution in [3.8, 4) is 0 Å². The summed E-state index contributed by atoms with van der Waals surface area (Å²) in [6, 6.07) is 0. The maximum Gasteiger partial charge on any atom is 2.00 e. The summed E-state index contributed by atoms with van der Waals surface area (Å²) in [5, 5.41) is 0. The van der Waals surface area contributed by atoms with Crippen LogP contribution in [0.5, 0.6) is 0 Å². The van der Waals surface area contributed by atoms with Crippen molar-refractivity contribution >= 4 is 41.6 Å². The molecule has 0 amide bonds. The van der Waals surface area contributed by atoms with Gasteiger partial charge in [-0.05, 0) is 0 Å². The molecule has 16 nitrogen and oxygen atoms in total. The molecule has 0 aromatic heterocycles. The van der Waals surface area contributed by atoms with Gasteiger partial charge >= 0.3 is 36.5 Å². The number of hydrogen-bond acceptors (Lipinski definition) is 16. The molecule has 0 aromatic rings. The van der Waals surface area contributed by atoms with E-state index < -0.39 is 41.6 Å². The van der Waals surface area contributed by atoms with Gasteiger partial charge in [0.1, 0.15) is 0 Å². The summed E-state index contributed by atoms with van der Waals surface area (Å²) in [6.45, 7) is 0. The predicted molar refractivity (Wildman–Crippen MR) is 66.8 cm³/mol. The fourth-order valence-corrected chi connectivity index (χ4v) is 0. The summed E-state index contributed by atoms with van der Waals surface area (Å²) in [5.41, 5.74) is 0. The van der Waals surface area contributed by atoms with Crippen molar-refractivity contribution in [3.05, 3.63) is 0 Å². The molecule has 26 heavy (non-hydrogen) atoms. The molecule has 0 aliphatic heterocycles. The minimum absolute atomic E-state index is 0. The van der Waals surface area contributed by atoms with E-state index in [0.29, 0.717) is 0 Å². The summed E-state index contributed by atoms with van der Waals surface area (Å²) in [6.07, 6.45) is 0. The van der Waals surface area contributed by atoms with Crippen LogP contribution in [-0.2, 0) is 94.9 Å². The fraction of sp³-hybridized carbons (Fsp3) is 1.00. The van der Waals surface area contributed by atoms with Crippen molar-refractivity contribution in [2.24, 2.45) is 0 Å². The van der Waals surface area contributed by atoms with Crippen LogP contribution in [0.3, 0.4) is 0 Å². The van der Waals surface area contributed by atoms with Gasteiger partial charge in [0.05, 0.1) is 28.4 Å². The standard InChI is InChI=1S/4CH4O4S.Mn.Zn/c4*1-5-6(2,3)4;;/h4*1H3,(H,2,3,4);;/q;;;;2*+2/p-4. The van der Waals surface area contributed by atoms with Gasteiger partial charge in [-0.15, -0.1) is 0 Å². The van der Waals surface area contributed by atoms with Gasteiger partial charge in [-0.25, -0.2) is 33.7 Å². The monoisotopic (exact) mass is 563 g/mol. The van der Waals surface area contributed by atoms with Gasteiger partial charge in [0.25, 0.3) is 0 Å². The molecule has 157 valence electrons. The Kier molecular flexibility index (Phi) is 30.0. The first-order chi connectivity index (χ1) is 10.2. The zero-order valence-corrected chi connectivity index (χ0v) is 20.7. The molecular formula is C4H12MnO16S4Zn. The van der Waals surface area contributed by atoms with E-state index in [-0.39, 0.29) is 36.5 Å². The molecule has 0 saturated carbocycles. The zero-order chi connectivity index (χ0) is 20.8. The van der Waals surface area contributed by atoms with E-state index in [1.165, 1.54) is 0 Å². The smallest absolute Gasteiger partial charge is 0.726 e. The minimum atomic E-state index is -4.41. The Bertz CT molecular complexity index is 578. The summed E-state index contributed by atoms with van der Waals surface area (Å²) in [7, 11) is -14.4. The van der Waals surface area contributed by atoms with Gasteiger partial charge in [-0.1, -0.05) is 0 Å². The summed E-state index contributed by atoms with van der Waals surface area (Å²) in [5.74, 6) is 0. The van der Waals surface area contributed by atoms with Crippen LogP contribution in [0.4, 0.5) is 0 Å². The summed E-state index contributed by atoms with van der Waals surface area (Å²) in [4.78, 5) is 0. The molecule has 0 saturated heterocycles. The minimum Gasteiger partial charge on any atom is -0.726 e. The van der Waals surface area contributed by atoms with Gasteiger partial charge in [-0.2, -0.15) is 0 Å². The van der Waals surface area contributed by atoms with Crippen molar-refractivity contribution in [3.63, 3.8) is 0 Å². The van der Waals surface area contributed by atoms with Crippen molar-refractivity contribution in [2.75, 3.05) is 28.4 Å². The van der Waals surface area contributed by atoms with E-state index in [9.17, 15) is 51.9 Å². The second-order valence-electron chi connectivity index (χ2n) is 2.30. The Labute approximate surface area is 174 Å². The van der Waals surface area contributed by atoms with E-state index in [4.69, 9.17) is 0 Å². The average Bonchev–Trinajstić information content (AvgIpc) is 2.37. The van der Waals surface area contributed by atoms with Gasteiger partial charge in [0.15, 0.2) is 0 Å². The Balaban J connectivity index is -0.0000000500. The summed E-state index contributed by atoms with van der Waals surface area (Å²) >= 11 is 0. The molecule has 0 aliphatic rings. The first-order valence-corrected chi connectivity index (χ1v) is 9.63. The molecule has 1 radical (unpaired) electrons. The third-order valence-corrected chi connectivity index (χ3v) is 2.45. The second-order valence-corrected chi connectivity index (χ2v) is 6.90. The molecular weight excluding hydrogens is 553 g/mol. The molecule has 0 aliphatic carbocycles. The first-order valence-electron chi connectivity index (χ1n) is 4.30. The first kappa shape index (κ1) is 41.1. The van der Waals surface area contributed by atoms with Crippen LogP contribution < -0.4 is 0 Å². The van der Waals surface area contributed by atoms with Crippen molar-refractivity contribution in [2.45, 2.75) is 0 Å². The largest absolute Gasteiger partial charge is 2.00 e. The van der Waals surface area contributed by atoms with Crippen LogP contribution in [0.25, 0.3) is 0 Å². The summed E-state index contributed by atoms with van der Waals surface area (Å²) < 4.78 is 124. The second kappa shape index (κ2) is 19.0. The van der Waals surface area contributed by atoms with Crippen LogP contribution in [0.1, 0.15) is 0 Å². The van der Waals surface area contributed by atoms with Crippen molar-refractivity contribution in [1.82, 2.24) is 0 Å². The van der Waals surface area contributed by atoms with E-state index in [1.807, 2.05) is 0 Å². The van der Waals surface area contributed by atoms with Crippen LogP contribution >= 0.6 is 0 Å². The Morgan fingerprint density at radius 2 is 0.500 bits per heavy atom. The molecule has 0 aromatic carbocycles. The maximum absolute atomic E-state index is 9.22. The molecule has 0 N–H and O–H groups in total. The number of rotatable bonds is 4. The molecule has 0 fully saturated rings. The van der Waals surface area contributed by atoms with Crippen molar-refractivity contribution in [1.29, 1.82) is 0 Å². The SMILES string of the molecule is COS(=O)(=O)[O-].COS(=O)(=O)[O-].COS(=O)(=O)[O-].COS(=O)(=O)[O-].[Mn+2].[Zn+2]. The van der Waals surface area contributed by atoms with E-state index >= 15 is 0 Å². The molecule has 0 unspecified atom stereocenters. The molecule has 0 atom stereocenters. The third-order valence-electron chi connectivity index (χ3n) is 0.816. The van der Waals surface area contributed by atoms with Gasteiger partial charge in [0, 0.05) is 0 Å². The molecule has 0 rings (SSSR count). The van der Waals surface area contributed by atoms with Crippen LogP contribution in [0, 0.1) is 0 Å². The predicted octanol–water partition coefficient (Wildman–Crippen LogP) is -3.63. The fourth-order valence-electron chi connectivity index (χ4n) is 0.